The van der Waals surface area contributed by atoms with Gasteiger partial charge in [0, 0.05) is 0 Å². The summed E-state index contributed by atoms with van der Waals surface area (Å²) in [5, 5.41) is 23.7. The van der Waals surface area contributed by atoms with Gasteiger partial charge in [0.1, 0.15) is 11.9 Å². The monoisotopic (exact) mass is 275 g/mol. The van der Waals surface area contributed by atoms with Gasteiger partial charge >= 0.3 is 5.95 Å². The SMILES string of the molecule is Cn1c(/C=N/NCc2ccc(O)cc2)cnc1[N+](=O)[O-]. The van der Waals surface area contributed by atoms with Crippen LogP contribution in [-0.4, -0.2) is 25.8 Å². The predicted molar refractivity (Wildman–Crippen MR) is 72.4 cm³/mol. The van der Waals surface area contributed by atoms with Crippen molar-refractivity contribution in [3.8, 4) is 5.75 Å². The maximum atomic E-state index is 10.6. The van der Waals surface area contributed by atoms with E-state index in [0.717, 1.165) is 5.56 Å². The second kappa shape index (κ2) is 5.83. The van der Waals surface area contributed by atoms with E-state index in [4.69, 9.17) is 5.11 Å². The summed E-state index contributed by atoms with van der Waals surface area (Å²) in [6.07, 6.45) is 2.84. The van der Waals surface area contributed by atoms with E-state index in [-0.39, 0.29) is 11.7 Å². The maximum absolute atomic E-state index is 10.6. The van der Waals surface area contributed by atoms with Gasteiger partial charge in [-0.2, -0.15) is 5.10 Å². The van der Waals surface area contributed by atoms with Crippen LogP contribution in [-0.2, 0) is 13.6 Å². The zero-order chi connectivity index (χ0) is 14.5. The van der Waals surface area contributed by atoms with Crippen molar-refractivity contribution in [3.05, 3.63) is 51.8 Å². The van der Waals surface area contributed by atoms with Gasteiger partial charge in [0.25, 0.3) is 0 Å². The van der Waals surface area contributed by atoms with Crippen LogP contribution in [0.1, 0.15) is 11.3 Å². The fourth-order valence-corrected chi connectivity index (χ4v) is 1.56. The lowest BCUT2D eigenvalue weighted by Gasteiger charge is -2.00. The highest BCUT2D eigenvalue weighted by Gasteiger charge is 2.15. The van der Waals surface area contributed by atoms with Gasteiger partial charge in [-0.3, -0.25) is 0 Å². The van der Waals surface area contributed by atoms with E-state index in [1.54, 1.807) is 31.3 Å². The quantitative estimate of drug-likeness (QED) is 0.484. The van der Waals surface area contributed by atoms with Crippen molar-refractivity contribution in [3.63, 3.8) is 0 Å². The molecule has 0 spiro atoms. The van der Waals surface area contributed by atoms with Crippen molar-refractivity contribution in [1.29, 1.82) is 0 Å². The second-order valence-corrected chi connectivity index (χ2v) is 4.06. The van der Waals surface area contributed by atoms with Crippen LogP contribution in [0.4, 0.5) is 5.95 Å². The zero-order valence-electron chi connectivity index (χ0n) is 10.7. The predicted octanol–water partition coefficient (Wildman–Crippen LogP) is 1.16. The molecule has 2 rings (SSSR count). The van der Waals surface area contributed by atoms with Crippen LogP contribution in [0.2, 0.25) is 0 Å². The van der Waals surface area contributed by atoms with Gasteiger partial charge in [-0.05, 0) is 22.6 Å². The number of phenolic OH excluding ortho intramolecular Hbond substituents is 1. The van der Waals surface area contributed by atoms with Crippen molar-refractivity contribution in [2.24, 2.45) is 12.1 Å². The molecule has 0 saturated heterocycles. The molecule has 0 atom stereocenters. The first-order chi connectivity index (χ1) is 9.58. The molecule has 2 aromatic rings. The van der Waals surface area contributed by atoms with Crippen molar-refractivity contribution in [2.45, 2.75) is 6.54 Å². The first kappa shape index (κ1) is 13.5. The number of aromatic hydroxyl groups is 1. The van der Waals surface area contributed by atoms with Gasteiger partial charge in [0.2, 0.25) is 0 Å². The zero-order valence-corrected chi connectivity index (χ0v) is 10.7. The molecule has 0 aliphatic rings. The highest BCUT2D eigenvalue weighted by Crippen LogP contribution is 2.10. The smallest absolute Gasteiger partial charge is 0.434 e. The molecule has 0 fully saturated rings. The summed E-state index contributed by atoms with van der Waals surface area (Å²) in [4.78, 5) is 13.7. The number of phenols is 1. The number of hydrazone groups is 1. The molecule has 8 nitrogen and oxygen atoms in total. The number of nitrogens with zero attached hydrogens (tertiary/aromatic N) is 4. The largest absolute Gasteiger partial charge is 0.508 e. The molecule has 0 amide bonds. The summed E-state index contributed by atoms with van der Waals surface area (Å²) >= 11 is 0. The molecule has 104 valence electrons. The van der Waals surface area contributed by atoms with Gasteiger partial charge in [-0.15, -0.1) is 0 Å². The first-order valence-corrected chi connectivity index (χ1v) is 5.78. The molecule has 0 bridgehead atoms. The van der Waals surface area contributed by atoms with Gasteiger partial charge < -0.3 is 20.6 Å². The highest BCUT2D eigenvalue weighted by molar-refractivity contribution is 5.77. The minimum absolute atomic E-state index is 0.208. The number of hydrogen-bond donors (Lipinski definition) is 2. The summed E-state index contributed by atoms with van der Waals surface area (Å²) in [5.74, 6) is -0.0237. The minimum Gasteiger partial charge on any atom is -0.508 e. The Kier molecular flexibility index (Phi) is 3.94. The molecular weight excluding hydrogens is 262 g/mol. The van der Waals surface area contributed by atoms with E-state index in [0.29, 0.717) is 12.2 Å². The second-order valence-electron chi connectivity index (χ2n) is 4.06. The average Bonchev–Trinajstić information content (AvgIpc) is 2.78. The minimum atomic E-state index is -0.554. The molecule has 0 saturated carbocycles. The molecule has 2 N–H and O–H groups in total. The van der Waals surface area contributed by atoms with E-state index >= 15 is 0 Å². The van der Waals surface area contributed by atoms with Crippen molar-refractivity contribution in [1.82, 2.24) is 15.0 Å². The molecule has 0 aliphatic heterocycles. The summed E-state index contributed by atoms with van der Waals surface area (Å²) in [6.45, 7) is 0.483. The number of rotatable bonds is 5. The van der Waals surface area contributed by atoms with Crippen LogP contribution in [0.3, 0.4) is 0 Å². The van der Waals surface area contributed by atoms with Gasteiger partial charge in [-0.1, -0.05) is 17.1 Å². The third-order valence-corrected chi connectivity index (χ3v) is 2.67. The lowest BCUT2D eigenvalue weighted by molar-refractivity contribution is -0.396. The Balaban J connectivity index is 1.94. The average molecular weight is 275 g/mol. The third kappa shape index (κ3) is 3.10. The van der Waals surface area contributed by atoms with Crippen molar-refractivity contribution in [2.75, 3.05) is 0 Å². The fraction of sp³-hybridized carbons (Fsp3) is 0.167. The Hall–Kier alpha value is -2.90. The van der Waals surface area contributed by atoms with Crippen LogP contribution < -0.4 is 5.43 Å². The molecule has 8 heteroatoms. The molecule has 1 heterocycles. The fourth-order valence-electron chi connectivity index (χ4n) is 1.56. The van der Waals surface area contributed by atoms with Crippen LogP contribution >= 0.6 is 0 Å². The number of benzene rings is 1. The summed E-state index contributed by atoms with van der Waals surface area (Å²) in [7, 11) is 1.55. The number of nitro groups is 1. The highest BCUT2D eigenvalue weighted by atomic mass is 16.6. The normalized spacial score (nSPS) is 10.8. The van der Waals surface area contributed by atoms with E-state index in [9.17, 15) is 10.1 Å². The Bertz CT molecular complexity index is 633. The first-order valence-electron chi connectivity index (χ1n) is 5.78. The molecular formula is C12H13N5O3. The molecule has 0 unspecified atom stereocenters. The van der Waals surface area contributed by atoms with Gasteiger partial charge in [0.05, 0.1) is 19.8 Å². The summed E-state index contributed by atoms with van der Waals surface area (Å²) in [6, 6.07) is 6.72. The van der Waals surface area contributed by atoms with E-state index in [1.165, 1.54) is 17.0 Å². The van der Waals surface area contributed by atoms with Crippen LogP contribution in [0.25, 0.3) is 0 Å². The maximum Gasteiger partial charge on any atom is 0.434 e. The third-order valence-electron chi connectivity index (χ3n) is 2.67. The molecule has 20 heavy (non-hydrogen) atoms. The lowest BCUT2D eigenvalue weighted by Crippen LogP contribution is -2.07. The Labute approximate surface area is 114 Å². The molecule has 1 aromatic heterocycles. The van der Waals surface area contributed by atoms with Crippen LogP contribution in [0.15, 0.2) is 35.6 Å². The Morgan fingerprint density at radius 2 is 2.20 bits per heavy atom. The van der Waals surface area contributed by atoms with Gasteiger partial charge in [-0.25, -0.2) is 4.57 Å². The Morgan fingerprint density at radius 1 is 1.50 bits per heavy atom. The number of aromatic nitrogens is 2. The lowest BCUT2D eigenvalue weighted by atomic mass is 10.2. The van der Waals surface area contributed by atoms with Gasteiger partial charge in [0.15, 0.2) is 5.69 Å². The Morgan fingerprint density at radius 3 is 2.80 bits per heavy atom. The van der Waals surface area contributed by atoms with Crippen LogP contribution in [0.5, 0.6) is 5.75 Å². The number of hydrogen-bond acceptors (Lipinski definition) is 6. The molecule has 1 aromatic carbocycles. The summed E-state index contributed by atoms with van der Waals surface area (Å²) < 4.78 is 1.34. The number of imidazole rings is 1. The molecule has 0 radical (unpaired) electrons. The van der Waals surface area contributed by atoms with Crippen molar-refractivity contribution >= 4 is 12.2 Å². The summed E-state index contributed by atoms with van der Waals surface area (Å²) in [5.41, 5.74) is 4.29. The number of nitrogens with one attached hydrogen (secondary N) is 1. The molecule has 0 aliphatic carbocycles. The van der Waals surface area contributed by atoms with Crippen LogP contribution in [0, 0.1) is 10.1 Å². The standard InChI is InChI=1S/C12H13N5O3/c1-16-10(7-13-12(16)17(19)20)8-15-14-6-9-2-4-11(18)5-3-9/h2-5,7-8,14,18H,6H2,1H3/b15-8+. The topological polar surface area (TPSA) is 106 Å². The van der Waals surface area contributed by atoms with E-state index in [1.807, 2.05) is 0 Å². The van der Waals surface area contributed by atoms with Crippen molar-refractivity contribution < 1.29 is 10.0 Å². The van der Waals surface area contributed by atoms with E-state index in [2.05, 4.69) is 15.5 Å². The van der Waals surface area contributed by atoms with E-state index < -0.39 is 4.92 Å².